The third-order valence-corrected chi connectivity index (χ3v) is 4.34. The van der Waals surface area contributed by atoms with E-state index >= 15 is 0 Å². The van der Waals surface area contributed by atoms with Crippen LogP contribution < -0.4 is 0 Å². The number of nitrogens with zero attached hydrogens (tertiary/aromatic N) is 2. The van der Waals surface area contributed by atoms with Gasteiger partial charge in [0.15, 0.2) is 5.41 Å². The third-order valence-electron chi connectivity index (χ3n) is 4.34. The summed E-state index contributed by atoms with van der Waals surface area (Å²) in [5.74, 6) is -0.326. The largest absolute Gasteiger partial charge is 0.197 e. The maximum atomic E-state index is 9.77. The molecule has 2 heteroatoms. The SMILES string of the molecule is CC(c1ccccc1)C(C#N)(C#N)C(C)c1ccccc1. The molecular formula is C19H18N2. The minimum absolute atomic E-state index is 0.163. The predicted molar refractivity (Wildman–Crippen MR) is 83.4 cm³/mol. The van der Waals surface area contributed by atoms with Crippen molar-refractivity contribution in [1.29, 1.82) is 10.5 Å². The molecule has 0 aliphatic rings. The lowest BCUT2D eigenvalue weighted by Gasteiger charge is -2.32. The Labute approximate surface area is 126 Å². The number of nitriles is 2. The van der Waals surface area contributed by atoms with Crippen molar-refractivity contribution in [3.63, 3.8) is 0 Å². The van der Waals surface area contributed by atoms with Gasteiger partial charge < -0.3 is 0 Å². The zero-order chi connectivity index (χ0) is 15.3. The summed E-state index contributed by atoms with van der Waals surface area (Å²) in [6.45, 7) is 3.92. The van der Waals surface area contributed by atoms with Gasteiger partial charge in [0.05, 0.1) is 12.1 Å². The molecule has 0 N–H and O–H groups in total. The molecule has 2 atom stereocenters. The van der Waals surface area contributed by atoms with Crippen LogP contribution in [0.4, 0.5) is 0 Å². The molecule has 0 aliphatic carbocycles. The summed E-state index contributed by atoms with van der Waals surface area (Å²) in [5, 5.41) is 19.5. The van der Waals surface area contributed by atoms with Gasteiger partial charge in [0.25, 0.3) is 0 Å². The summed E-state index contributed by atoms with van der Waals surface area (Å²) in [7, 11) is 0. The van der Waals surface area contributed by atoms with Crippen LogP contribution in [0.3, 0.4) is 0 Å². The monoisotopic (exact) mass is 274 g/mol. The van der Waals surface area contributed by atoms with E-state index in [1.807, 2.05) is 74.5 Å². The summed E-state index contributed by atoms with van der Waals surface area (Å²) in [5.41, 5.74) is 0.953. The maximum absolute atomic E-state index is 9.77. The quantitative estimate of drug-likeness (QED) is 0.816. The Bertz CT molecular complexity index is 601. The van der Waals surface area contributed by atoms with Crippen molar-refractivity contribution < 1.29 is 0 Å². The normalized spacial score (nSPS) is 13.7. The van der Waals surface area contributed by atoms with Crippen molar-refractivity contribution in [2.24, 2.45) is 5.41 Å². The first-order chi connectivity index (χ1) is 10.2. The second-order valence-corrected chi connectivity index (χ2v) is 5.36. The summed E-state index contributed by atoms with van der Waals surface area (Å²) in [6.07, 6.45) is 0. The summed E-state index contributed by atoms with van der Waals surface area (Å²) in [4.78, 5) is 0. The van der Waals surface area contributed by atoms with Gasteiger partial charge in [-0.25, -0.2) is 0 Å². The zero-order valence-corrected chi connectivity index (χ0v) is 12.3. The molecule has 0 bridgehead atoms. The standard InChI is InChI=1S/C19H18N2/c1-15(17-9-5-3-6-10-17)19(13-20,14-21)16(2)18-11-7-4-8-12-18/h3-12,15-16H,1-2H3. The predicted octanol–water partition coefficient (Wildman–Crippen LogP) is 4.63. The van der Waals surface area contributed by atoms with E-state index < -0.39 is 5.41 Å². The van der Waals surface area contributed by atoms with Crippen LogP contribution in [-0.2, 0) is 0 Å². The Kier molecular flexibility index (Phi) is 4.41. The van der Waals surface area contributed by atoms with E-state index in [4.69, 9.17) is 0 Å². The lowest BCUT2D eigenvalue weighted by molar-refractivity contribution is 0.367. The van der Waals surface area contributed by atoms with Crippen molar-refractivity contribution in [2.45, 2.75) is 25.7 Å². The zero-order valence-electron chi connectivity index (χ0n) is 12.3. The van der Waals surface area contributed by atoms with Crippen molar-refractivity contribution in [1.82, 2.24) is 0 Å². The fourth-order valence-electron chi connectivity index (χ4n) is 2.80. The summed E-state index contributed by atoms with van der Waals surface area (Å²) >= 11 is 0. The molecule has 0 aromatic heterocycles. The molecule has 0 spiro atoms. The van der Waals surface area contributed by atoms with Gasteiger partial charge in [-0.1, -0.05) is 74.5 Å². The first-order valence-corrected chi connectivity index (χ1v) is 7.08. The summed E-state index contributed by atoms with van der Waals surface area (Å²) in [6, 6.07) is 24.2. The van der Waals surface area contributed by atoms with E-state index in [0.29, 0.717) is 0 Å². The smallest absolute Gasteiger partial charge is 0.156 e. The van der Waals surface area contributed by atoms with E-state index in [9.17, 15) is 10.5 Å². The Morgan fingerprint density at radius 1 is 0.714 bits per heavy atom. The third kappa shape index (κ3) is 2.67. The van der Waals surface area contributed by atoms with Crippen molar-refractivity contribution in [2.75, 3.05) is 0 Å². The topological polar surface area (TPSA) is 47.6 Å². The van der Waals surface area contributed by atoms with Crippen LogP contribution in [0.2, 0.25) is 0 Å². The molecule has 2 nitrogen and oxygen atoms in total. The van der Waals surface area contributed by atoms with Gasteiger partial charge in [-0.2, -0.15) is 10.5 Å². The van der Waals surface area contributed by atoms with Crippen molar-refractivity contribution >= 4 is 0 Å². The summed E-state index contributed by atoms with van der Waals surface area (Å²) < 4.78 is 0. The minimum Gasteiger partial charge on any atom is -0.197 e. The van der Waals surface area contributed by atoms with Crippen LogP contribution >= 0.6 is 0 Å². The second-order valence-electron chi connectivity index (χ2n) is 5.36. The highest BCUT2D eigenvalue weighted by molar-refractivity contribution is 5.36. The lowest BCUT2D eigenvalue weighted by atomic mass is 9.65. The highest BCUT2D eigenvalue weighted by Crippen LogP contribution is 2.45. The molecule has 2 aromatic carbocycles. The van der Waals surface area contributed by atoms with Crippen LogP contribution in [0.15, 0.2) is 60.7 Å². The highest BCUT2D eigenvalue weighted by Gasteiger charge is 2.43. The number of hydrogen-bond donors (Lipinski definition) is 0. The number of hydrogen-bond acceptors (Lipinski definition) is 2. The van der Waals surface area contributed by atoms with Crippen LogP contribution in [0, 0.1) is 28.1 Å². The van der Waals surface area contributed by atoms with Gasteiger partial charge in [-0.05, 0) is 11.1 Å². The molecule has 0 aliphatic heterocycles. The molecule has 0 amide bonds. The Morgan fingerprint density at radius 2 is 1.05 bits per heavy atom. The molecule has 2 aromatic rings. The van der Waals surface area contributed by atoms with Gasteiger partial charge in [0, 0.05) is 11.8 Å². The van der Waals surface area contributed by atoms with Crippen LogP contribution in [0.1, 0.15) is 36.8 Å². The van der Waals surface area contributed by atoms with Gasteiger partial charge in [-0.3, -0.25) is 0 Å². The Balaban J connectivity index is 2.47. The van der Waals surface area contributed by atoms with Gasteiger partial charge in [0.2, 0.25) is 0 Å². The van der Waals surface area contributed by atoms with Crippen LogP contribution in [0.25, 0.3) is 0 Å². The second kappa shape index (κ2) is 6.25. The molecule has 2 rings (SSSR count). The van der Waals surface area contributed by atoms with E-state index in [2.05, 4.69) is 12.1 Å². The fourth-order valence-corrected chi connectivity index (χ4v) is 2.80. The molecule has 0 saturated heterocycles. The van der Waals surface area contributed by atoms with Crippen LogP contribution in [0.5, 0.6) is 0 Å². The highest BCUT2D eigenvalue weighted by atomic mass is 14.5. The fraction of sp³-hybridized carbons (Fsp3) is 0.263. The van der Waals surface area contributed by atoms with E-state index in [0.717, 1.165) is 11.1 Å². The van der Waals surface area contributed by atoms with Gasteiger partial charge >= 0.3 is 0 Å². The Hall–Kier alpha value is -2.58. The average Bonchev–Trinajstić information content (AvgIpc) is 2.57. The molecule has 0 radical (unpaired) electrons. The Morgan fingerprint density at radius 3 is 1.33 bits per heavy atom. The first kappa shape index (κ1) is 14.8. The van der Waals surface area contributed by atoms with Crippen molar-refractivity contribution in [3.8, 4) is 12.1 Å². The molecule has 21 heavy (non-hydrogen) atoms. The van der Waals surface area contributed by atoms with Crippen LogP contribution in [-0.4, -0.2) is 0 Å². The van der Waals surface area contributed by atoms with Gasteiger partial charge in [0.1, 0.15) is 0 Å². The van der Waals surface area contributed by atoms with Crippen molar-refractivity contribution in [3.05, 3.63) is 71.8 Å². The van der Waals surface area contributed by atoms with E-state index in [1.165, 1.54) is 0 Å². The molecule has 2 unspecified atom stereocenters. The maximum Gasteiger partial charge on any atom is 0.156 e. The van der Waals surface area contributed by atoms with E-state index in [1.54, 1.807) is 0 Å². The molecule has 0 heterocycles. The molecule has 104 valence electrons. The van der Waals surface area contributed by atoms with E-state index in [-0.39, 0.29) is 11.8 Å². The molecular weight excluding hydrogens is 256 g/mol. The molecule has 0 fully saturated rings. The first-order valence-electron chi connectivity index (χ1n) is 7.08. The average molecular weight is 274 g/mol. The lowest BCUT2D eigenvalue weighted by Crippen LogP contribution is -2.30. The molecule has 0 saturated carbocycles. The minimum atomic E-state index is -1.08. The number of benzene rings is 2. The van der Waals surface area contributed by atoms with Gasteiger partial charge in [-0.15, -0.1) is 0 Å². The number of rotatable bonds is 4.